The van der Waals surface area contributed by atoms with Gasteiger partial charge in [0.15, 0.2) is 11.4 Å². The number of aryl methyl sites for hydroxylation is 1. The molecule has 1 amide bonds. The molecule has 4 aromatic rings. The Kier molecular flexibility index (Phi) is 6.18. The summed E-state index contributed by atoms with van der Waals surface area (Å²) < 4.78 is 1.34. The van der Waals surface area contributed by atoms with Crippen molar-refractivity contribution in [3.8, 4) is 5.88 Å². The zero-order chi connectivity index (χ0) is 25.1. The number of nitro groups is 2. The third-order valence-corrected chi connectivity index (χ3v) is 5.18. The maximum Gasteiger partial charge on any atom is 0.303 e. The van der Waals surface area contributed by atoms with Gasteiger partial charge in [-0.1, -0.05) is 35.9 Å². The van der Waals surface area contributed by atoms with Crippen LogP contribution in [-0.2, 0) is 11.3 Å². The molecule has 35 heavy (non-hydrogen) atoms. The number of nitro benzene ring substituents is 2. The van der Waals surface area contributed by atoms with E-state index in [9.17, 15) is 30.1 Å². The van der Waals surface area contributed by atoms with Crippen LogP contribution in [0.1, 0.15) is 5.56 Å². The third kappa shape index (κ3) is 4.80. The largest absolute Gasteiger partial charge is 0.493 e. The number of hydrogen-bond donors (Lipinski definition) is 2. The zero-order valence-electron chi connectivity index (χ0n) is 18.3. The first-order chi connectivity index (χ1) is 16.7. The standard InChI is InChI=1S/C23H18N6O6/c1-14-6-8-15(9-7-14)24-21(30)13-27-19-5-3-2-4-17(19)22(23(27)31)26-25-18-11-10-16(28(32)33)12-20(18)29(34)35/h2-12,31H,13H2,1H3,(H,24,30). The molecule has 0 bridgehead atoms. The number of nitrogens with one attached hydrogen (secondary N) is 1. The number of carbonyl (C=O) groups excluding carboxylic acids is 1. The summed E-state index contributed by atoms with van der Waals surface area (Å²) in [6.07, 6.45) is 0. The molecule has 0 radical (unpaired) electrons. The van der Waals surface area contributed by atoms with Gasteiger partial charge in [-0.15, -0.1) is 10.2 Å². The number of carbonyl (C=O) groups is 1. The van der Waals surface area contributed by atoms with E-state index in [4.69, 9.17) is 0 Å². The van der Waals surface area contributed by atoms with Crippen molar-refractivity contribution in [2.24, 2.45) is 10.2 Å². The maximum absolute atomic E-state index is 12.6. The van der Waals surface area contributed by atoms with Crippen molar-refractivity contribution < 1.29 is 19.7 Å². The van der Waals surface area contributed by atoms with Crippen molar-refractivity contribution in [3.05, 3.63) is 92.5 Å². The molecule has 12 heteroatoms. The van der Waals surface area contributed by atoms with Crippen molar-refractivity contribution >= 4 is 45.2 Å². The van der Waals surface area contributed by atoms with E-state index in [1.165, 1.54) is 4.57 Å². The summed E-state index contributed by atoms with van der Waals surface area (Å²) in [4.78, 5) is 33.4. The number of aromatic hydroxyl groups is 1. The predicted molar refractivity (Wildman–Crippen MR) is 127 cm³/mol. The molecule has 4 rings (SSSR count). The second kappa shape index (κ2) is 9.39. The molecule has 0 unspecified atom stereocenters. The number of amides is 1. The van der Waals surface area contributed by atoms with E-state index >= 15 is 0 Å². The van der Waals surface area contributed by atoms with Crippen LogP contribution in [0.2, 0.25) is 0 Å². The molecular formula is C23H18N6O6. The van der Waals surface area contributed by atoms with Crippen LogP contribution >= 0.6 is 0 Å². The summed E-state index contributed by atoms with van der Waals surface area (Å²) >= 11 is 0. The molecule has 176 valence electrons. The van der Waals surface area contributed by atoms with Crippen LogP contribution in [0.25, 0.3) is 10.9 Å². The van der Waals surface area contributed by atoms with Gasteiger partial charge in [0, 0.05) is 17.1 Å². The van der Waals surface area contributed by atoms with Crippen molar-refractivity contribution in [2.75, 3.05) is 5.32 Å². The Bertz CT molecular complexity index is 1490. The molecule has 0 aliphatic carbocycles. The molecule has 2 N–H and O–H groups in total. The molecular weight excluding hydrogens is 456 g/mol. The van der Waals surface area contributed by atoms with Crippen LogP contribution in [0, 0.1) is 27.2 Å². The fourth-order valence-corrected chi connectivity index (χ4v) is 3.47. The van der Waals surface area contributed by atoms with Gasteiger partial charge in [0.05, 0.1) is 21.4 Å². The van der Waals surface area contributed by atoms with Crippen molar-refractivity contribution in [3.63, 3.8) is 0 Å². The van der Waals surface area contributed by atoms with E-state index in [2.05, 4.69) is 15.5 Å². The first kappa shape index (κ1) is 23.0. The minimum Gasteiger partial charge on any atom is -0.493 e. The van der Waals surface area contributed by atoms with Crippen LogP contribution in [0.4, 0.5) is 28.4 Å². The summed E-state index contributed by atoms with van der Waals surface area (Å²) in [6.45, 7) is 1.70. The Balaban J connectivity index is 1.68. The van der Waals surface area contributed by atoms with Crippen LogP contribution in [-0.4, -0.2) is 25.4 Å². The quantitative estimate of drug-likeness (QED) is 0.203. The second-order valence-electron chi connectivity index (χ2n) is 7.58. The Morgan fingerprint density at radius 3 is 2.40 bits per heavy atom. The minimum absolute atomic E-state index is 0.00335. The Labute approximate surface area is 197 Å². The SMILES string of the molecule is Cc1ccc(NC(=O)Cn2c(O)c(N=Nc3ccc([N+](=O)[O-])cc3[N+](=O)[O-])c3ccccc32)cc1. The van der Waals surface area contributed by atoms with Crippen LogP contribution in [0.5, 0.6) is 5.88 Å². The molecule has 1 heterocycles. The van der Waals surface area contributed by atoms with Gasteiger partial charge in [0.1, 0.15) is 6.54 Å². The number of azo groups is 1. The van der Waals surface area contributed by atoms with Crippen molar-refractivity contribution in [1.29, 1.82) is 0 Å². The highest BCUT2D eigenvalue weighted by Gasteiger charge is 2.21. The van der Waals surface area contributed by atoms with E-state index in [-0.39, 0.29) is 29.7 Å². The lowest BCUT2D eigenvalue weighted by atomic mass is 10.2. The summed E-state index contributed by atoms with van der Waals surface area (Å²) in [6, 6.07) is 16.9. The fourth-order valence-electron chi connectivity index (χ4n) is 3.47. The number of para-hydroxylation sites is 1. The highest BCUT2D eigenvalue weighted by molar-refractivity contribution is 5.97. The topological polar surface area (TPSA) is 165 Å². The van der Waals surface area contributed by atoms with Gasteiger partial charge in [-0.25, -0.2) is 0 Å². The summed E-state index contributed by atoms with van der Waals surface area (Å²) in [5.74, 6) is -0.752. The average Bonchev–Trinajstić information content (AvgIpc) is 3.09. The molecule has 0 atom stereocenters. The molecule has 0 saturated carbocycles. The number of fused-ring (bicyclic) bond motifs is 1. The van der Waals surface area contributed by atoms with Gasteiger partial charge in [-0.05, 0) is 31.2 Å². The molecule has 0 saturated heterocycles. The predicted octanol–water partition coefficient (Wildman–Crippen LogP) is 5.53. The number of anilines is 1. The number of nitrogens with zero attached hydrogens (tertiary/aromatic N) is 5. The first-order valence-corrected chi connectivity index (χ1v) is 10.3. The number of hydrogen-bond acceptors (Lipinski definition) is 8. The minimum atomic E-state index is -0.806. The summed E-state index contributed by atoms with van der Waals surface area (Å²) in [5, 5.41) is 44.2. The number of aromatic nitrogens is 1. The highest BCUT2D eigenvalue weighted by Crippen LogP contribution is 2.40. The van der Waals surface area contributed by atoms with Gasteiger partial charge >= 0.3 is 5.69 Å². The van der Waals surface area contributed by atoms with E-state index in [1.807, 2.05) is 19.1 Å². The van der Waals surface area contributed by atoms with E-state index in [0.717, 1.165) is 23.8 Å². The van der Waals surface area contributed by atoms with Gasteiger partial charge in [-0.3, -0.25) is 25.0 Å². The monoisotopic (exact) mass is 474 g/mol. The molecule has 0 aliphatic rings. The molecule has 0 fully saturated rings. The van der Waals surface area contributed by atoms with Crippen LogP contribution in [0.15, 0.2) is 77.0 Å². The van der Waals surface area contributed by atoms with E-state index in [1.54, 1.807) is 36.4 Å². The van der Waals surface area contributed by atoms with Gasteiger partial charge in [0.2, 0.25) is 11.8 Å². The zero-order valence-corrected chi connectivity index (χ0v) is 18.3. The van der Waals surface area contributed by atoms with E-state index in [0.29, 0.717) is 16.6 Å². The first-order valence-electron chi connectivity index (χ1n) is 10.3. The Morgan fingerprint density at radius 2 is 1.71 bits per heavy atom. The van der Waals surface area contributed by atoms with Crippen LogP contribution in [0.3, 0.4) is 0 Å². The summed E-state index contributed by atoms with van der Waals surface area (Å²) in [5.41, 5.74) is 0.835. The number of non-ortho nitro benzene ring substituents is 1. The molecule has 1 aromatic heterocycles. The Morgan fingerprint density at radius 1 is 1.00 bits per heavy atom. The van der Waals surface area contributed by atoms with Crippen molar-refractivity contribution in [2.45, 2.75) is 13.5 Å². The molecule has 12 nitrogen and oxygen atoms in total. The second-order valence-corrected chi connectivity index (χ2v) is 7.58. The highest BCUT2D eigenvalue weighted by atomic mass is 16.6. The Hall–Kier alpha value is -5.13. The lowest BCUT2D eigenvalue weighted by Gasteiger charge is -2.08. The van der Waals surface area contributed by atoms with Gasteiger partial charge < -0.3 is 15.0 Å². The van der Waals surface area contributed by atoms with Crippen molar-refractivity contribution in [1.82, 2.24) is 4.57 Å². The average molecular weight is 474 g/mol. The van der Waals surface area contributed by atoms with Gasteiger partial charge in [-0.2, -0.15) is 0 Å². The van der Waals surface area contributed by atoms with Gasteiger partial charge in [0.25, 0.3) is 5.69 Å². The maximum atomic E-state index is 12.6. The third-order valence-electron chi connectivity index (χ3n) is 5.18. The normalized spacial score (nSPS) is 11.1. The molecule has 3 aromatic carbocycles. The van der Waals surface area contributed by atoms with Crippen LogP contribution < -0.4 is 5.32 Å². The lowest BCUT2D eigenvalue weighted by Crippen LogP contribution is -2.18. The molecule has 0 spiro atoms. The lowest BCUT2D eigenvalue weighted by molar-refractivity contribution is -0.393. The number of rotatable bonds is 7. The summed E-state index contributed by atoms with van der Waals surface area (Å²) in [7, 11) is 0. The smallest absolute Gasteiger partial charge is 0.303 e. The fraction of sp³-hybridized carbons (Fsp3) is 0.0870. The number of benzene rings is 3. The molecule has 0 aliphatic heterocycles. The van der Waals surface area contributed by atoms with E-state index < -0.39 is 21.2 Å².